The van der Waals surface area contributed by atoms with E-state index in [-0.39, 0.29) is 35.4 Å². The molecule has 2 saturated heterocycles. The summed E-state index contributed by atoms with van der Waals surface area (Å²) in [6, 6.07) is 18.5. The van der Waals surface area contributed by atoms with Crippen molar-refractivity contribution in [2.24, 2.45) is 0 Å². The monoisotopic (exact) mass is 1030 g/mol. The molecule has 0 saturated carbocycles. The number of hydrogen-bond donors (Lipinski definition) is 3. The summed E-state index contributed by atoms with van der Waals surface area (Å²) in [6.45, 7) is 10.6. The van der Waals surface area contributed by atoms with Crippen LogP contribution in [0.25, 0.3) is 22.1 Å². The standard InChI is InChI=1S/C23H23ClF2N4O3.C19H15BrClF2N3O3.C4H9N/c1-14-12-32-13-20-28-18-10-15(11-19(21(18)30(14)20)29-8-2-3-9-29)22(31)27-16-4-6-17(7-5-16)33-23(24,25)26;1-10-8-28-9-16-25-15-7-11(6-14(20)17(15)26(10)16)18(27)24-12-2-4-13(5-3-12)29-19(21,22)23;1-2-4-5-3-1/h4-7,10-11,14H,2-3,8-9,12-13H2,1H3,(H,27,31);2-7,10H,8-9H2,1H3,(H,24,27);5H,1-4H2/t14-;10-;/m11./s1. The summed E-state index contributed by atoms with van der Waals surface area (Å²) in [5, 5.41) is 8.75. The van der Waals surface area contributed by atoms with Crippen molar-refractivity contribution in [1.82, 2.24) is 24.4 Å². The van der Waals surface area contributed by atoms with Gasteiger partial charge in [0, 0.05) is 63.3 Å². The van der Waals surface area contributed by atoms with Gasteiger partial charge >= 0.3 is 11.1 Å². The number of imidazole rings is 2. The van der Waals surface area contributed by atoms with Gasteiger partial charge in [0.2, 0.25) is 0 Å². The van der Waals surface area contributed by atoms with Gasteiger partial charge in [-0.05, 0) is 141 Å². The number of carbonyl (C=O) groups is 2. The second kappa shape index (κ2) is 20.6. The van der Waals surface area contributed by atoms with Crippen molar-refractivity contribution in [3.05, 3.63) is 100 Å². The second-order valence-electron chi connectivity index (χ2n) is 16.4. The summed E-state index contributed by atoms with van der Waals surface area (Å²) in [7, 11) is 0. The maximum absolute atomic E-state index is 13.1. The summed E-state index contributed by atoms with van der Waals surface area (Å²) in [5.41, 5.74) is -1.47. The number of ether oxygens (including phenoxy) is 4. The highest BCUT2D eigenvalue weighted by atomic mass is 79.9. The molecule has 6 heterocycles. The zero-order chi connectivity index (χ0) is 47.5. The van der Waals surface area contributed by atoms with Gasteiger partial charge in [-0.15, -0.1) is 17.6 Å². The molecule has 4 aliphatic rings. The van der Waals surface area contributed by atoms with Crippen molar-refractivity contribution in [3.63, 3.8) is 0 Å². The normalized spacial score (nSPS) is 18.0. The average molecular weight is 1030 g/mol. The maximum Gasteiger partial charge on any atom is 0.487 e. The van der Waals surface area contributed by atoms with E-state index in [2.05, 4.69) is 67.3 Å². The number of benzene rings is 4. The Kier molecular flexibility index (Phi) is 14.8. The molecule has 3 N–H and O–H groups in total. The molecule has 14 nitrogen and oxygen atoms in total. The van der Waals surface area contributed by atoms with Crippen LogP contribution in [0.3, 0.4) is 0 Å². The van der Waals surface area contributed by atoms with Crippen molar-refractivity contribution in [3.8, 4) is 11.5 Å². The Morgan fingerprint density at radius 2 is 1.15 bits per heavy atom. The first-order valence-electron chi connectivity index (χ1n) is 21.7. The SMILES string of the molecule is C1CCNC1.C[C@@H]1COCc2nc3cc(C(=O)Nc4ccc(OC(F)(F)Cl)cc4)cc(Br)c3n21.C[C@@H]1COCc2nc3cc(C(=O)Nc4ccc(OC(F)(F)Cl)cc4)cc(N4CCCC4)c3n21. The van der Waals surface area contributed by atoms with Crippen LogP contribution in [-0.4, -0.2) is 81.4 Å². The third-order valence-electron chi connectivity index (χ3n) is 11.3. The van der Waals surface area contributed by atoms with Gasteiger partial charge < -0.3 is 48.9 Å². The minimum absolute atomic E-state index is 0.106. The Labute approximate surface area is 401 Å². The summed E-state index contributed by atoms with van der Waals surface area (Å²) in [6.07, 6.45) is 4.99. The number of fused-ring (bicyclic) bond motifs is 6. The maximum atomic E-state index is 13.1. The van der Waals surface area contributed by atoms with E-state index in [1.807, 2.05) is 13.0 Å². The Hall–Kier alpha value is -5.18. The fraction of sp³-hybridized carbons (Fsp3) is 0.391. The lowest BCUT2D eigenvalue weighted by atomic mass is 10.1. The van der Waals surface area contributed by atoms with E-state index in [9.17, 15) is 27.2 Å². The largest absolute Gasteiger partial charge is 0.487 e. The van der Waals surface area contributed by atoms with E-state index >= 15 is 0 Å². The first-order valence-corrected chi connectivity index (χ1v) is 23.3. The first-order chi connectivity index (χ1) is 32.0. The lowest BCUT2D eigenvalue weighted by molar-refractivity contribution is -0.0972. The van der Waals surface area contributed by atoms with Gasteiger partial charge in [0.1, 0.15) is 36.4 Å². The van der Waals surface area contributed by atoms with E-state index in [1.165, 1.54) is 74.5 Å². The number of anilines is 3. The zero-order valence-corrected chi connectivity index (χ0v) is 39.5. The molecule has 2 aromatic heterocycles. The molecule has 2 atom stereocenters. The quantitative estimate of drug-likeness (QED) is 0.0945. The molecule has 0 spiro atoms. The summed E-state index contributed by atoms with van der Waals surface area (Å²) in [5.74, 6) is 0.762. The lowest BCUT2D eigenvalue weighted by Crippen LogP contribution is -2.24. The molecule has 4 aliphatic heterocycles. The van der Waals surface area contributed by atoms with Gasteiger partial charge in [-0.25, -0.2) is 9.97 Å². The molecular formula is C46H47BrCl2F4N8O6. The number of hydrogen-bond acceptors (Lipinski definition) is 10. The minimum Gasteiger partial charge on any atom is -0.420 e. The van der Waals surface area contributed by atoms with E-state index in [1.54, 1.807) is 18.2 Å². The van der Waals surface area contributed by atoms with Crippen molar-refractivity contribution in [1.29, 1.82) is 0 Å². The number of rotatable bonds is 9. The van der Waals surface area contributed by atoms with Crippen molar-refractivity contribution in [2.75, 3.05) is 54.9 Å². The molecule has 2 amide bonds. The summed E-state index contributed by atoms with van der Waals surface area (Å²) < 4.78 is 75.8. The fourth-order valence-corrected chi connectivity index (χ4v) is 9.22. The number of carbonyl (C=O) groups excluding carboxylic acids is 2. The lowest BCUT2D eigenvalue weighted by Gasteiger charge is -2.26. The van der Waals surface area contributed by atoms with Crippen LogP contribution in [0.1, 0.15) is 84.0 Å². The Bertz CT molecular complexity index is 2720. The van der Waals surface area contributed by atoms with E-state index in [0.717, 1.165) is 64.3 Å². The van der Waals surface area contributed by atoms with Crippen LogP contribution >= 0.6 is 39.1 Å². The topological polar surface area (TPSA) is 146 Å². The molecule has 356 valence electrons. The minimum atomic E-state index is -3.79. The van der Waals surface area contributed by atoms with Crippen molar-refractivity contribution in [2.45, 2.75) is 76.0 Å². The summed E-state index contributed by atoms with van der Waals surface area (Å²) >= 11 is 13.1. The predicted molar refractivity (Wildman–Crippen MR) is 251 cm³/mol. The van der Waals surface area contributed by atoms with Crippen LogP contribution in [0.4, 0.5) is 34.6 Å². The average Bonchev–Trinajstić information content (AvgIpc) is 4.12. The molecule has 0 bridgehead atoms. The highest BCUT2D eigenvalue weighted by Crippen LogP contribution is 2.37. The first kappa shape index (κ1) is 48.3. The second-order valence-corrected chi connectivity index (χ2v) is 18.2. The number of nitrogens with zero attached hydrogens (tertiary/aromatic N) is 5. The highest BCUT2D eigenvalue weighted by Gasteiger charge is 2.30. The third kappa shape index (κ3) is 11.9. The highest BCUT2D eigenvalue weighted by molar-refractivity contribution is 9.10. The molecule has 0 aliphatic carbocycles. The Morgan fingerprint density at radius 3 is 1.60 bits per heavy atom. The molecule has 67 heavy (non-hydrogen) atoms. The van der Waals surface area contributed by atoms with E-state index in [4.69, 9.17) is 37.7 Å². The van der Waals surface area contributed by atoms with Crippen LogP contribution in [0.2, 0.25) is 0 Å². The smallest absolute Gasteiger partial charge is 0.420 e. The van der Waals surface area contributed by atoms with Crippen molar-refractivity contribution >= 4 is 90.1 Å². The fourth-order valence-electron chi connectivity index (χ4n) is 8.40. The van der Waals surface area contributed by atoms with Gasteiger partial charge in [0.25, 0.3) is 11.8 Å². The number of alkyl halides is 6. The molecule has 4 aromatic carbocycles. The van der Waals surface area contributed by atoms with Gasteiger partial charge in [-0.1, -0.05) is 0 Å². The molecule has 2 fully saturated rings. The molecule has 10 rings (SSSR count). The Morgan fingerprint density at radius 1 is 0.701 bits per heavy atom. The molecule has 0 radical (unpaired) electrons. The third-order valence-corrected chi connectivity index (χ3v) is 12.1. The number of amides is 2. The summed E-state index contributed by atoms with van der Waals surface area (Å²) in [4.78, 5) is 37.4. The number of halogens is 7. The molecule has 21 heteroatoms. The van der Waals surface area contributed by atoms with Gasteiger partial charge in [-0.3, -0.25) is 9.59 Å². The number of aromatic nitrogens is 4. The molecule has 0 unspecified atom stereocenters. The van der Waals surface area contributed by atoms with Crippen LogP contribution in [-0.2, 0) is 22.7 Å². The van der Waals surface area contributed by atoms with Crippen molar-refractivity contribution < 1.29 is 46.1 Å². The number of nitrogens with one attached hydrogen (secondary N) is 3. The van der Waals surface area contributed by atoms with Gasteiger partial charge in [-0.2, -0.15) is 0 Å². The molecule has 6 aromatic rings. The van der Waals surface area contributed by atoms with E-state index in [0.29, 0.717) is 54.4 Å². The predicted octanol–water partition coefficient (Wildman–Crippen LogP) is 10.8. The van der Waals surface area contributed by atoms with Crippen LogP contribution in [0.15, 0.2) is 77.3 Å². The van der Waals surface area contributed by atoms with E-state index < -0.39 is 11.1 Å². The van der Waals surface area contributed by atoms with Gasteiger partial charge in [0.15, 0.2) is 0 Å². The van der Waals surface area contributed by atoms with Crippen LogP contribution in [0.5, 0.6) is 11.5 Å². The van der Waals surface area contributed by atoms with Crippen LogP contribution in [0, 0.1) is 0 Å². The Balaban J connectivity index is 0.000000165. The van der Waals surface area contributed by atoms with Gasteiger partial charge in [0.05, 0.1) is 53.1 Å². The van der Waals surface area contributed by atoms with Crippen LogP contribution < -0.4 is 30.3 Å². The molecular weight excluding hydrogens is 987 g/mol. The zero-order valence-electron chi connectivity index (χ0n) is 36.4.